The maximum Gasteiger partial charge on any atom is 0.126 e. The van der Waals surface area contributed by atoms with Crippen LogP contribution in [0.5, 0.6) is 0 Å². The molecule has 0 saturated carbocycles. The third kappa shape index (κ3) is 3.14. The van der Waals surface area contributed by atoms with Gasteiger partial charge in [0.05, 0.1) is 17.4 Å². The number of hydrogen-bond donors (Lipinski definition) is 1. The van der Waals surface area contributed by atoms with Crippen LogP contribution in [0.4, 0.5) is 4.39 Å². The van der Waals surface area contributed by atoms with E-state index in [1.165, 1.54) is 6.07 Å². The van der Waals surface area contributed by atoms with Crippen molar-refractivity contribution in [2.24, 2.45) is 5.73 Å². The molecule has 0 bridgehead atoms. The smallest absolute Gasteiger partial charge is 0.126 e. The number of aromatic nitrogens is 2. The van der Waals surface area contributed by atoms with Gasteiger partial charge in [0.25, 0.3) is 0 Å². The molecule has 1 unspecified atom stereocenters. The number of hydrogen-bond acceptors (Lipinski definition) is 2. The summed E-state index contributed by atoms with van der Waals surface area (Å²) in [7, 11) is 0. The Labute approximate surface area is 130 Å². The van der Waals surface area contributed by atoms with E-state index in [0.29, 0.717) is 18.5 Å². The summed E-state index contributed by atoms with van der Waals surface area (Å²) in [6.45, 7) is 0.604. The van der Waals surface area contributed by atoms with Gasteiger partial charge in [-0.2, -0.15) is 0 Å². The molecule has 2 aromatic carbocycles. The third-order valence-electron chi connectivity index (χ3n) is 3.45. The Hall–Kier alpha value is -1.72. The van der Waals surface area contributed by atoms with Gasteiger partial charge in [-0.1, -0.05) is 28.1 Å². The molecule has 0 spiro atoms. The fourth-order valence-electron chi connectivity index (χ4n) is 2.46. The van der Waals surface area contributed by atoms with Crippen LogP contribution in [0.25, 0.3) is 11.0 Å². The van der Waals surface area contributed by atoms with Crippen LogP contribution >= 0.6 is 15.9 Å². The molecular weight excluding hydrogens is 333 g/mol. The van der Waals surface area contributed by atoms with Crippen molar-refractivity contribution < 1.29 is 4.39 Å². The van der Waals surface area contributed by atoms with E-state index in [4.69, 9.17) is 5.73 Å². The first-order valence-corrected chi connectivity index (χ1v) is 7.52. The molecule has 1 aromatic heterocycles. The number of benzene rings is 2. The summed E-state index contributed by atoms with van der Waals surface area (Å²) < 4.78 is 16.6. The Bertz CT molecular complexity index is 769. The van der Waals surface area contributed by atoms with Gasteiger partial charge in [0, 0.05) is 17.1 Å². The zero-order valence-corrected chi connectivity index (χ0v) is 12.9. The zero-order valence-electron chi connectivity index (χ0n) is 11.3. The Kier molecular flexibility index (Phi) is 4.03. The van der Waals surface area contributed by atoms with Gasteiger partial charge in [0.1, 0.15) is 5.82 Å². The van der Waals surface area contributed by atoms with E-state index >= 15 is 0 Å². The lowest BCUT2D eigenvalue weighted by atomic mass is 10.1. The standard InChI is InChI=1S/C16H15BrFN3/c17-12-5-6-14(18)11(7-12)8-13(19)9-21-10-20-15-3-1-2-4-16(15)21/h1-7,10,13H,8-9,19H2. The Balaban J connectivity index is 1.77. The minimum Gasteiger partial charge on any atom is -0.329 e. The summed E-state index contributed by atoms with van der Waals surface area (Å²) in [5, 5.41) is 0. The van der Waals surface area contributed by atoms with Crippen molar-refractivity contribution in [1.29, 1.82) is 0 Å². The predicted molar refractivity (Wildman–Crippen MR) is 85.5 cm³/mol. The molecule has 0 saturated heterocycles. The molecule has 0 amide bonds. The van der Waals surface area contributed by atoms with Gasteiger partial charge in [0.2, 0.25) is 0 Å². The summed E-state index contributed by atoms with van der Waals surface area (Å²) in [5.41, 5.74) is 8.79. The predicted octanol–water partition coefficient (Wildman–Crippen LogP) is 3.51. The van der Waals surface area contributed by atoms with E-state index < -0.39 is 0 Å². The van der Waals surface area contributed by atoms with Gasteiger partial charge in [-0.15, -0.1) is 0 Å². The van der Waals surface area contributed by atoms with Gasteiger partial charge >= 0.3 is 0 Å². The number of nitrogens with zero attached hydrogens (tertiary/aromatic N) is 2. The van der Waals surface area contributed by atoms with Crippen molar-refractivity contribution in [3.8, 4) is 0 Å². The van der Waals surface area contributed by atoms with Crippen LogP contribution in [0, 0.1) is 5.82 Å². The van der Waals surface area contributed by atoms with Gasteiger partial charge in [-0.25, -0.2) is 9.37 Å². The minimum absolute atomic E-state index is 0.175. The Morgan fingerprint density at radius 2 is 2.05 bits per heavy atom. The number of halogens is 2. The van der Waals surface area contributed by atoms with E-state index in [0.717, 1.165) is 15.5 Å². The molecule has 1 heterocycles. The van der Waals surface area contributed by atoms with Gasteiger partial charge in [-0.05, 0) is 42.3 Å². The monoisotopic (exact) mass is 347 g/mol. The maximum absolute atomic E-state index is 13.8. The quantitative estimate of drug-likeness (QED) is 0.784. The molecule has 3 nitrogen and oxygen atoms in total. The van der Waals surface area contributed by atoms with Gasteiger partial charge in [-0.3, -0.25) is 0 Å². The Morgan fingerprint density at radius 1 is 1.24 bits per heavy atom. The summed E-state index contributed by atoms with van der Waals surface area (Å²) >= 11 is 3.36. The maximum atomic E-state index is 13.8. The Morgan fingerprint density at radius 3 is 2.90 bits per heavy atom. The summed E-state index contributed by atoms with van der Waals surface area (Å²) in [5.74, 6) is -0.218. The lowest BCUT2D eigenvalue weighted by Crippen LogP contribution is -2.28. The van der Waals surface area contributed by atoms with Crippen molar-refractivity contribution in [3.63, 3.8) is 0 Å². The van der Waals surface area contributed by atoms with Crippen LogP contribution in [-0.4, -0.2) is 15.6 Å². The van der Waals surface area contributed by atoms with E-state index in [2.05, 4.69) is 20.9 Å². The fraction of sp³-hybridized carbons (Fsp3) is 0.188. The van der Waals surface area contributed by atoms with Gasteiger partial charge in [0.15, 0.2) is 0 Å². The van der Waals surface area contributed by atoms with Crippen LogP contribution in [0.2, 0.25) is 0 Å². The minimum atomic E-state index is -0.218. The molecule has 2 N–H and O–H groups in total. The molecule has 5 heteroatoms. The summed E-state index contributed by atoms with van der Waals surface area (Å²) in [4.78, 5) is 4.34. The average Bonchev–Trinajstić information content (AvgIpc) is 2.86. The van der Waals surface area contributed by atoms with Crippen molar-refractivity contribution in [3.05, 3.63) is 64.6 Å². The third-order valence-corrected chi connectivity index (χ3v) is 3.94. The van der Waals surface area contributed by atoms with E-state index in [1.807, 2.05) is 28.8 Å². The lowest BCUT2D eigenvalue weighted by molar-refractivity contribution is 0.536. The lowest BCUT2D eigenvalue weighted by Gasteiger charge is -2.14. The highest BCUT2D eigenvalue weighted by molar-refractivity contribution is 9.10. The molecule has 0 radical (unpaired) electrons. The molecule has 1 atom stereocenters. The SMILES string of the molecule is NC(Cc1cc(Br)ccc1F)Cn1cnc2ccccc21. The van der Waals surface area contributed by atoms with Crippen molar-refractivity contribution >= 4 is 27.0 Å². The van der Waals surface area contributed by atoms with Crippen LogP contribution in [0.1, 0.15) is 5.56 Å². The number of nitrogens with two attached hydrogens (primary N) is 1. The summed E-state index contributed by atoms with van der Waals surface area (Å²) in [6, 6.07) is 12.6. The largest absolute Gasteiger partial charge is 0.329 e. The van der Waals surface area contributed by atoms with Crippen LogP contribution in [0.3, 0.4) is 0 Å². The van der Waals surface area contributed by atoms with E-state index in [9.17, 15) is 4.39 Å². The van der Waals surface area contributed by atoms with E-state index in [1.54, 1.807) is 18.5 Å². The topological polar surface area (TPSA) is 43.8 Å². The first-order valence-electron chi connectivity index (χ1n) is 6.73. The molecule has 0 aliphatic heterocycles. The highest BCUT2D eigenvalue weighted by atomic mass is 79.9. The number of imidazole rings is 1. The second-order valence-corrected chi connectivity index (χ2v) is 6.00. The molecular formula is C16H15BrFN3. The second kappa shape index (κ2) is 5.95. The molecule has 3 rings (SSSR count). The number of fused-ring (bicyclic) bond motifs is 1. The molecule has 0 aliphatic carbocycles. The van der Waals surface area contributed by atoms with E-state index in [-0.39, 0.29) is 11.9 Å². The van der Waals surface area contributed by atoms with Crippen molar-refractivity contribution in [2.75, 3.05) is 0 Å². The molecule has 0 aliphatic rings. The molecule has 108 valence electrons. The normalized spacial score (nSPS) is 12.7. The second-order valence-electron chi connectivity index (χ2n) is 5.09. The molecule has 21 heavy (non-hydrogen) atoms. The first kappa shape index (κ1) is 14.2. The van der Waals surface area contributed by atoms with Crippen LogP contribution in [-0.2, 0) is 13.0 Å². The number of rotatable bonds is 4. The molecule has 0 fully saturated rings. The fourth-order valence-corrected chi connectivity index (χ4v) is 2.86. The van der Waals surface area contributed by atoms with Crippen molar-refractivity contribution in [1.82, 2.24) is 9.55 Å². The van der Waals surface area contributed by atoms with Crippen LogP contribution in [0.15, 0.2) is 53.3 Å². The molecule has 3 aromatic rings. The average molecular weight is 348 g/mol. The number of para-hydroxylation sites is 2. The highest BCUT2D eigenvalue weighted by Gasteiger charge is 2.11. The zero-order chi connectivity index (χ0) is 14.8. The highest BCUT2D eigenvalue weighted by Crippen LogP contribution is 2.18. The summed E-state index contributed by atoms with van der Waals surface area (Å²) in [6.07, 6.45) is 2.26. The van der Waals surface area contributed by atoms with Gasteiger partial charge < -0.3 is 10.3 Å². The van der Waals surface area contributed by atoms with Crippen molar-refractivity contribution in [2.45, 2.75) is 19.0 Å². The van der Waals surface area contributed by atoms with Crippen LogP contribution < -0.4 is 5.73 Å². The first-order chi connectivity index (χ1) is 10.1.